The minimum atomic E-state index is -1.87. The number of nitrogens with zero attached hydrogens (tertiary/aromatic N) is 3. The van der Waals surface area contributed by atoms with Crippen LogP contribution in [0.4, 0.5) is 0 Å². The average Bonchev–Trinajstić information content (AvgIpc) is 3.71. The van der Waals surface area contributed by atoms with Gasteiger partial charge < -0.3 is 38.0 Å². The normalized spacial score (nSPS) is 17.3. The van der Waals surface area contributed by atoms with Gasteiger partial charge in [0.15, 0.2) is 6.23 Å². The van der Waals surface area contributed by atoms with Crippen molar-refractivity contribution in [1.29, 1.82) is 5.26 Å². The van der Waals surface area contributed by atoms with E-state index >= 15 is 0 Å². The summed E-state index contributed by atoms with van der Waals surface area (Å²) in [6, 6.07) is 28.7. The fourth-order valence-corrected chi connectivity index (χ4v) is 11.0. The number of carbonyl (C=O) groups excluding carboxylic acids is 1. The maximum atomic E-state index is 13.7. The lowest BCUT2D eigenvalue weighted by Crippen LogP contribution is -2.43. The summed E-state index contributed by atoms with van der Waals surface area (Å²) in [6.45, 7) is 11.0. The van der Waals surface area contributed by atoms with E-state index in [1.165, 1.54) is 68.2 Å². The number of nitrogens with one attached hydrogen (secondary N) is 2. The molecule has 2 N–H and O–H groups in total. The lowest BCUT2D eigenvalue weighted by Gasteiger charge is -2.39. The van der Waals surface area contributed by atoms with Gasteiger partial charge in [-0.25, -0.2) is 9.46 Å². The maximum Gasteiger partial charge on any atom is 0.330 e. The van der Waals surface area contributed by atoms with Gasteiger partial charge in [0.25, 0.3) is 14.1 Å². The molecular formula is C56H80N5O10P. The zero-order chi connectivity index (χ0) is 51.7. The monoisotopic (exact) mass is 1010 g/mol. The molecule has 2 unspecified atom stereocenters. The Bertz CT molecular complexity index is 2270. The first-order chi connectivity index (χ1) is 35.0. The Morgan fingerprint density at radius 1 is 0.778 bits per heavy atom. The Kier molecular flexibility index (Phi) is 24.9. The molecule has 0 aliphatic carbocycles. The van der Waals surface area contributed by atoms with E-state index in [9.17, 15) is 19.6 Å². The fourth-order valence-electron chi connectivity index (χ4n) is 9.24. The molecule has 0 radical (unpaired) electrons. The summed E-state index contributed by atoms with van der Waals surface area (Å²) in [5.41, 5.74) is -0.0583. The predicted octanol–water partition coefficient (Wildman–Crippen LogP) is 10.7. The summed E-state index contributed by atoms with van der Waals surface area (Å²) in [5, 5.41) is 12.6. The Morgan fingerprint density at radius 3 is 1.89 bits per heavy atom. The number of H-pyrrole nitrogens is 1. The molecule has 15 nitrogen and oxygen atoms in total. The molecule has 16 heteroatoms. The Balaban J connectivity index is 1.45. The molecule has 1 fully saturated rings. The number of hydrogen-bond acceptors (Lipinski definition) is 12. The van der Waals surface area contributed by atoms with Crippen molar-refractivity contribution in [2.75, 3.05) is 40.6 Å². The molecule has 1 aliphatic rings. The standard InChI is InChI=1S/C56H80N5O10P/c1-8-9-10-11-12-13-14-15-16-17-21-26-50(62)58-37-23-39-67-53-52(71-72(69-40-22-36-57)61(42(2)3)43(4)5)49(70-54(53)60-38-35-51(63)59-55(60)64)41-68-56(44-24-19-18-20-25-44,45-27-31-47(65-6)32-28-45)46-29-33-48(66-7)34-30-46/h18-20,24-25,27-35,38,42-43,49,52-54H,8-17,21-23,26,37,39-41H2,1-7H3,(H,58,62)(H,59,63,64)/t49-,52+,53?,54-,72?/m1/s1. The number of benzene rings is 3. The minimum absolute atomic E-state index is 0.00413. The van der Waals surface area contributed by atoms with Gasteiger partial charge >= 0.3 is 5.69 Å². The van der Waals surface area contributed by atoms with Crippen LogP contribution in [-0.4, -0.2) is 91.1 Å². The van der Waals surface area contributed by atoms with Gasteiger partial charge in [0, 0.05) is 43.9 Å². The smallest absolute Gasteiger partial charge is 0.330 e. The quantitative estimate of drug-likeness (QED) is 0.0258. The molecule has 72 heavy (non-hydrogen) atoms. The summed E-state index contributed by atoms with van der Waals surface area (Å²) in [6.07, 6.45) is 11.9. The number of amides is 1. The van der Waals surface area contributed by atoms with E-state index in [4.69, 9.17) is 32.7 Å². The summed E-state index contributed by atoms with van der Waals surface area (Å²) in [7, 11) is 1.37. The average molecular weight is 1010 g/mol. The fraction of sp³-hybridized carbons (Fsp3) is 0.571. The highest BCUT2D eigenvalue weighted by molar-refractivity contribution is 7.44. The highest BCUT2D eigenvalue weighted by Gasteiger charge is 2.51. The molecule has 4 aromatic rings. The molecule has 5 rings (SSSR count). The van der Waals surface area contributed by atoms with Crippen LogP contribution in [0.1, 0.15) is 147 Å². The summed E-state index contributed by atoms with van der Waals surface area (Å²) >= 11 is 0. The third-order valence-electron chi connectivity index (χ3n) is 12.9. The molecule has 394 valence electrons. The van der Waals surface area contributed by atoms with Crippen molar-refractivity contribution in [3.63, 3.8) is 0 Å². The van der Waals surface area contributed by atoms with Gasteiger partial charge in [-0.05, 0) is 81.5 Å². The van der Waals surface area contributed by atoms with Gasteiger partial charge in [0.1, 0.15) is 35.4 Å². The summed E-state index contributed by atoms with van der Waals surface area (Å²) in [5.74, 6) is 1.35. The van der Waals surface area contributed by atoms with E-state index in [2.05, 4.69) is 55.7 Å². The SMILES string of the molecule is CCCCCCCCCCCCCC(=O)NCCCOC1[C@@H](OP(OCCC#N)N(C(C)C)C(C)C)[C@@H](COC(c2ccccc2)(c2ccc(OC)cc2)c2ccc(OC)cc2)O[C@H]1n1ccc(=O)[nH]c1=O. The van der Waals surface area contributed by atoms with Gasteiger partial charge in [-0.2, -0.15) is 5.26 Å². The molecule has 0 saturated carbocycles. The second kappa shape index (κ2) is 31.0. The van der Waals surface area contributed by atoms with Crippen LogP contribution in [0.3, 0.4) is 0 Å². The van der Waals surface area contributed by atoms with E-state index in [1.54, 1.807) is 14.2 Å². The van der Waals surface area contributed by atoms with Crippen LogP contribution >= 0.6 is 8.53 Å². The van der Waals surface area contributed by atoms with Crippen molar-refractivity contribution in [1.82, 2.24) is 19.5 Å². The second-order valence-corrected chi connectivity index (χ2v) is 20.2. The van der Waals surface area contributed by atoms with Crippen LogP contribution in [0.15, 0.2) is 101 Å². The lowest BCUT2D eigenvalue weighted by molar-refractivity contribution is -0.121. The Labute approximate surface area is 428 Å². The molecule has 2 heterocycles. The second-order valence-electron chi connectivity index (χ2n) is 18.8. The molecule has 3 aromatic carbocycles. The number of nitriles is 1. The molecule has 1 saturated heterocycles. The van der Waals surface area contributed by atoms with Crippen LogP contribution in [0, 0.1) is 11.3 Å². The largest absolute Gasteiger partial charge is 0.497 e. The van der Waals surface area contributed by atoms with E-state index in [1.807, 2.05) is 78.9 Å². The van der Waals surface area contributed by atoms with Gasteiger partial charge in [0.05, 0.1) is 39.9 Å². The number of aromatic nitrogens is 2. The number of aromatic amines is 1. The predicted molar refractivity (Wildman–Crippen MR) is 282 cm³/mol. The topological polar surface area (TPSA) is 176 Å². The van der Waals surface area contributed by atoms with Crippen LogP contribution < -0.4 is 26.0 Å². The highest BCUT2D eigenvalue weighted by Crippen LogP contribution is 2.51. The number of methoxy groups -OCH3 is 2. The molecular weight excluding hydrogens is 934 g/mol. The Morgan fingerprint density at radius 2 is 1.35 bits per heavy atom. The molecule has 1 amide bonds. The van der Waals surface area contributed by atoms with Crippen LogP contribution in [0.25, 0.3) is 0 Å². The van der Waals surface area contributed by atoms with E-state index in [0.29, 0.717) is 30.9 Å². The maximum absolute atomic E-state index is 13.7. The first-order valence-corrected chi connectivity index (χ1v) is 27.2. The first kappa shape index (κ1) is 58.0. The Hall–Kier alpha value is -4.91. The number of carbonyl (C=O) groups is 1. The number of unbranched alkanes of at least 4 members (excludes halogenated alkanes) is 10. The zero-order valence-electron chi connectivity index (χ0n) is 43.7. The van der Waals surface area contributed by atoms with E-state index in [-0.39, 0.29) is 44.2 Å². The number of hydrogen-bond donors (Lipinski definition) is 2. The third-order valence-corrected chi connectivity index (χ3v) is 15.0. The summed E-state index contributed by atoms with van der Waals surface area (Å²) in [4.78, 5) is 41.4. The highest BCUT2D eigenvalue weighted by atomic mass is 31.2. The van der Waals surface area contributed by atoms with E-state index in [0.717, 1.165) is 36.0 Å². The third kappa shape index (κ3) is 16.8. The minimum Gasteiger partial charge on any atom is -0.497 e. The van der Waals surface area contributed by atoms with Gasteiger partial charge in [-0.3, -0.25) is 19.1 Å². The van der Waals surface area contributed by atoms with Gasteiger partial charge in [-0.15, -0.1) is 0 Å². The van der Waals surface area contributed by atoms with Crippen LogP contribution in [0.2, 0.25) is 0 Å². The van der Waals surface area contributed by atoms with Crippen molar-refractivity contribution in [3.8, 4) is 17.6 Å². The van der Waals surface area contributed by atoms with Crippen molar-refractivity contribution in [3.05, 3.63) is 129 Å². The van der Waals surface area contributed by atoms with Crippen molar-refractivity contribution in [2.24, 2.45) is 0 Å². The van der Waals surface area contributed by atoms with Gasteiger partial charge in [-0.1, -0.05) is 126 Å². The van der Waals surface area contributed by atoms with Crippen molar-refractivity contribution in [2.45, 2.75) is 167 Å². The van der Waals surface area contributed by atoms with Crippen molar-refractivity contribution < 1.29 is 37.5 Å². The van der Waals surface area contributed by atoms with Crippen molar-refractivity contribution >= 4 is 14.4 Å². The zero-order valence-corrected chi connectivity index (χ0v) is 44.6. The molecule has 1 aliphatic heterocycles. The van der Waals surface area contributed by atoms with Gasteiger partial charge in [0.2, 0.25) is 5.91 Å². The van der Waals surface area contributed by atoms with Crippen LogP contribution in [0.5, 0.6) is 11.5 Å². The first-order valence-electron chi connectivity index (χ1n) is 26.1. The lowest BCUT2D eigenvalue weighted by atomic mass is 9.80. The number of ether oxygens (including phenoxy) is 5. The number of rotatable bonds is 34. The van der Waals surface area contributed by atoms with E-state index < -0.39 is 49.9 Å². The molecule has 5 atom stereocenters. The van der Waals surface area contributed by atoms with Crippen LogP contribution in [-0.2, 0) is 33.7 Å². The molecule has 0 spiro atoms. The molecule has 1 aromatic heterocycles. The summed E-state index contributed by atoms with van der Waals surface area (Å²) < 4.78 is 49.3. The molecule has 0 bridgehead atoms.